The molecule has 272 valence electrons. The van der Waals surface area contributed by atoms with Crippen LogP contribution >= 0.6 is 0 Å². The number of carbonyl (C=O) groups excluding carboxylic acids is 3. The molecule has 12 heteroatoms. The lowest BCUT2D eigenvalue weighted by Crippen LogP contribution is -2.64. The first-order valence-corrected chi connectivity index (χ1v) is 19.4. The summed E-state index contributed by atoms with van der Waals surface area (Å²) in [5.41, 5.74) is 0.730. The van der Waals surface area contributed by atoms with Crippen molar-refractivity contribution in [1.29, 1.82) is 5.26 Å². The maximum atomic E-state index is 14.2. The summed E-state index contributed by atoms with van der Waals surface area (Å²) in [6.07, 6.45) is 5.19. The number of likely N-dealkylation sites (tertiary alicyclic amines) is 1. The van der Waals surface area contributed by atoms with Crippen molar-refractivity contribution in [2.45, 2.75) is 108 Å². The van der Waals surface area contributed by atoms with Gasteiger partial charge < -0.3 is 21.1 Å². The normalized spacial score (nSPS) is 21.8. The van der Waals surface area contributed by atoms with Crippen molar-refractivity contribution in [3.8, 4) is 6.07 Å². The summed E-state index contributed by atoms with van der Waals surface area (Å²) in [4.78, 5) is 43.3. The number of fused-ring (bicyclic) bond motifs is 1. The summed E-state index contributed by atoms with van der Waals surface area (Å²) in [5, 5.41) is 29.9. The van der Waals surface area contributed by atoms with E-state index in [1.54, 1.807) is 0 Å². The fourth-order valence-electron chi connectivity index (χ4n) is 7.13. The molecule has 1 saturated carbocycles. The Morgan fingerprint density at radius 2 is 1.64 bits per heavy atom. The molecule has 4 rings (SSSR count). The highest BCUT2D eigenvalue weighted by molar-refractivity contribution is 7.92. The molecule has 0 aromatic heterocycles. The topological polar surface area (TPSA) is 169 Å². The maximum Gasteiger partial charge on any atom is 0.252 e. The number of β-amino-alcohol motifs (C(OH)–C–C–N with tert-alkyl or cyclic N) is 1. The Morgan fingerprint density at radius 3 is 2.26 bits per heavy atom. The van der Waals surface area contributed by atoms with Crippen LogP contribution in [0.15, 0.2) is 54.6 Å². The van der Waals surface area contributed by atoms with E-state index in [-0.39, 0.29) is 30.0 Å². The molecule has 0 radical (unpaired) electrons. The molecule has 1 saturated heterocycles. The molecule has 50 heavy (non-hydrogen) atoms. The Morgan fingerprint density at radius 1 is 0.980 bits per heavy atom. The highest BCUT2D eigenvalue weighted by Gasteiger charge is 2.46. The summed E-state index contributed by atoms with van der Waals surface area (Å²) < 4.78 is 24.3. The van der Waals surface area contributed by atoms with Gasteiger partial charge in [-0.25, -0.2) is 8.42 Å². The van der Waals surface area contributed by atoms with E-state index in [4.69, 9.17) is 0 Å². The van der Waals surface area contributed by atoms with Crippen molar-refractivity contribution >= 4 is 27.6 Å². The highest BCUT2D eigenvalue weighted by Crippen LogP contribution is 2.39. The zero-order valence-electron chi connectivity index (χ0n) is 30.1. The molecule has 0 bridgehead atoms. The molecule has 3 unspecified atom stereocenters. The number of hydrogen-bond acceptors (Lipinski definition) is 8. The van der Waals surface area contributed by atoms with E-state index in [0.29, 0.717) is 24.8 Å². The summed E-state index contributed by atoms with van der Waals surface area (Å²) in [5.74, 6) is -0.744. The number of amides is 3. The van der Waals surface area contributed by atoms with Gasteiger partial charge in [0.1, 0.15) is 6.04 Å². The molecule has 1 aliphatic carbocycles. The monoisotopic (exact) mass is 707 g/mol. The molecule has 1 aliphatic heterocycles. The van der Waals surface area contributed by atoms with Crippen LogP contribution in [0.5, 0.6) is 0 Å². The highest BCUT2D eigenvalue weighted by atomic mass is 32.2. The number of benzene rings is 2. The molecule has 0 spiro atoms. The van der Waals surface area contributed by atoms with Gasteiger partial charge in [0.25, 0.3) is 5.91 Å². The van der Waals surface area contributed by atoms with Crippen LogP contribution in [0.25, 0.3) is 0 Å². The minimum absolute atomic E-state index is 0.0875. The second-order valence-electron chi connectivity index (χ2n) is 15.6. The minimum atomic E-state index is -3.91. The van der Waals surface area contributed by atoms with Crippen LogP contribution in [0.1, 0.15) is 88.2 Å². The largest absolute Gasteiger partial charge is 0.390 e. The molecule has 4 N–H and O–H groups in total. The van der Waals surface area contributed by atoms with Crippen molar-refractivity contribution in [2.75, 3.05) is 19.3 Å². The Kier molecular flexibility index (Phi) is 12.5. The molecular formula is C38H53N5O6S. The summed E-state index contributed by atoms with van der Waals surface area (Å²) in [6.45, 7) is 9.32. The van der Waals surface area contributed by atoms with Gasteiger partial charge in [0.15, 0.2) is 9.84 Å². The van der Waals surface area contributed by atoms with Gasteiger partial charge in [0.2, 0.25) is 11.8 Å². The zero-order valence-corrected chi connectivity index (χ0v) is 30.9. The van der Waals surface area contributed by atoms with Gasteiger partial charge in [0, 0.05) is 30.4 Å². The molecule has 2 aliphatic rings. The van der Waals surface area contributed by atoms with E-state index < -0.39 is 56.2 Å². The van der Waals surface area contributed by atoms with E-state index in [0.717, 1.165) is 37.5 Å². The van der Waals surface area contributed by atoms with E-state index in [9.17, 15) is 33.2 Å². The summed E-state index contributed by atoms with van der Waals surface area (Å²) >= 11 is 0. The summed E-state index contributed by atoms with van der Waals surface area (Å²) in [6, 6.07) is 14.3. The van der Waals surface area contributed by atoms with Crippen LogP contribution in [0, 0.1) is 23.2 Å². The average molecular weight is 708 g/mol. The summed E-state index contributed by atoms with van der Waals surface area (Å²) in [7, 11) is -3.91. The predicted molar refractivity (Wildman–Crippen MR) is 193 cm³/mol. The lowest BCUT2D eigenvalue weighted by Gasteiger charge is -2.47. The molecule has 2 fully saturated rings. The Balaban J connectivity index is 1.64. The lowest BCUT2D eigenvalue weighted by atomic mass is 9.72. The number of rotatable bonds is 12. The van der Waals surface area contributed by atoms with E-state index in [1.165, 1.54) is 38.1 Å². The smallest absolute Gasteiger partial charge is 0.252 e. The number of hydrogen-bond donors (Lipinski definition) is 4. The Hall–Kier alpha value is -3.79. The number of aliphatic hydroxyl groups is 1. The van der Waals surface area contributed by atoms with Crippen molar-refractivity contribution in [2.24, 2.45) is 11.8 Å². The number of nitrogens with one attached hydrogen (secondary N) is 3. The van der Waals surface area contributed by atoms with Crippen molar-refractivity contribution in [3.63, 3.8) is 0 Å². The van der Waals surface area contributed by atoms with Gasteiger partial charge in [-0.05, 0) is 89.5 Å². The fourth-order valence-corrected chi connectivity index (χ4v) is 7.72. The van der Waals surface area contributed by atoms with Gasteiger partial charge in [-0.15, -0.1) is 0 Å². The SMILES string of the molecule is CC(C)(C)NC(=O)C1C[C@@H]2CCCC[C@@H]2CN1CC(O)C(Cc1ccccc1)NC(=O)[C@@H](NC(=O)c1cccc(C#N)c1)C(C)(C)S(C)(=O)=O. The van der Waals surface area contributed by atoms with Crippen LogP contribution in [0.4, 0.5) is 0 Å². The maximum absolute atomic E-state index is 14.2. The predicted octanol–water partition coefficient (Wildman–Crippen LogP) is 3.36. The molecular weight excluding hydrogens is 655 g/mol. The number of sulfone groups is 1. The third kappa shape index (κ3) is 9.92. The Bertz CT molecular complexity index is 1670. The molecule has 11 nitrogen and oxygen atoms in total. The van der Waals surface area contributed by atoms with Crippen molar-refractivity contribution in [1.82, 2.24) is 20.9 Å². The molecule has 1 heterocycles. The second-order valence-corrected chi connectivity index (χ2v) is 18.2. The number of nitriles is 1. The van der Waals surface area contributed by atoms with Gasteiger partial charge in [-0.1, -0.05) is 55.7 Å². The molecule has 6 atom stereocenters. The van der Waals surface area contributed by atoms with Gasteiger partial charge in [-0.3, -0.25) is 19.3 Å². The fraction of sp³-hybridized carbons (Fsp3) is 0.579. The second kappa shape index (κ2) is 16.0. The Labute approximate surface area is 297 Å². The minimum Gasteiger partial charge on any atom is -0.390 e. The molecule has 2 aromatic rings. The first-order valence-electron chi connectivity index (χ1n) is 17.5. The van der Waals surface area contributed by atoms with Crippen molar-refractivity contribution in [3.05, 3.63) is 71.3 Å². The third-order valence-electron chi connectivity index (χ3n) is 10.3. The van der Waals surface area contributed by atoms with Crippen LogP contribution in [-0.4, -0.2) is 90.0 Å². The number of piperidine rings is 1. The van der Waals surface area contributed by atoms with E-state index in [1.807, 2.05) is 62.1 Å². The standard InChI is InChI=1S/C38H53N5O6S/c1-37(2,3)42-35(46)31-21-27-16-10-11-17-29(27)23-43(31)24-32(44)30(20-25-13-8-7-9-14-25)40-36(47)33(38(4,5)50(6,48)49)41-34(45)28-18-12-15-26(19-28)22-39/h7-9,12-15,18-19,27,29-33,44H,10-11,16-17,20-21,23-24H2,1-6H3,(H,40,47)(H,41,45)(H,42,46)/t27-,29+,30?,31?,32?,33+/m0/s1. The average Bonchev–Trinajstić information content (AvgIpc) is 3.05. The van der Waals surface area contributed by atoms with E-state index in [2.05, 4.69) is 16.0 Å². The lowest BCUT2D eigenvalue weighted by molar-refractivity contribution is -0.133. The van der Waals surface area contributed by atoms with Gasteiger partial charge in [0.05, 0.1) is 34.6 Å². The van der Waals surface area contributed by atoms with Crippen LogP contribution < -0.4 is 16.0 Å². The molecule has 2 aromatic carbocycles. The van der Waals surface area contributed by atoms with Crippen LogP contribution in [0.2, 0.25) is 0 Å². The third-order valence-corrected chi connectivity index (χ3v) is 12.4. The van der Waals surface area contributed by atoms with Gasteiger partial charge in [-0.2, -0.15) is 5.26 Å². The first-order chi connectivity index (χ1) is 23.4. The number of nitrogens with zero attached hydrogens (tertiary/aromatic N) is 2. The van der Waals surface area contributed by atoms with Crippen LogP contribution in [-0.2, 0) is 25.8 Å². The molecule has 3 amide bonds. The quantitative estimate of drug-likeness (QED) is 0.261. The van der Waals surface area contributed by atoms with Crippen LogP contribution in [0.3, 0.4) is 0 Å². The first kappa shape index (κ1) is 39.0. The number of carbonyl (C=O) groups is 3. The van der Waals surface area contributed by atoms with Crippen molar-refractivity contribution < 1.29 is 27.9 Å². The zero-order chi connectivity index (χ0) is 36.9. The van der Waals surface area contributed by atoms with Gasteiger partial charge >= 0.3 is 0 Å². The number of aliphatic hydroxyl groups excluding tert-OH is 1. The van der Waals surface area contributed by atoms with E-state index >= 15 is 0 Å².